The Morgan fingerprint density at radius 2 is 1.59 bits per heavy atom. The quantitative estimate of drug-likeness (QED) is 0.494. The van der Waals surface area contributed by atoms with Gasteiger partial charge in [0.05, 0.1) is 21.3 Å². The number of methoxy groups -OCH3 is 3. The Morgan fingerprint density at radius 3 is 2.27 bits per heavy atom. The molecule has 4 rings (SSSR count). The Labute approximate surface area is 244 Å². The van der Waals surface area contributed by atoms with Crippen molar-refractivity contribution in [1.29, 1.82) is 0 Å². The molecule has 2 amide bonds. The van der Waals surface area contributed by atoms with Crippen molar-refractivity contribution in [2.24, 2.45) is 0 Å². The van der Waals surface area contributed by atoms with Crippen molar-refractivity contribution in [3.05, 3.63) is 47.5 Å². The number of anilines is 1. The van der Waals surface area contributed by atoms with E-state index in [9.17, 15) is 9.59 Å². The highest BCUT2D eigenvalue weighted by Crippen LogP contribution is 2.40. The van der Waals surface area contributed by atoms with Crippen LogP contribution in [0.25, 0.3) is 0 Å². The normalized spacial score (nSPS) is 17.7. The summed E-state index contributed by atoms with van der Waals surface area (Å²) in [4.78, 5) is 32.9. The minimum atomic E-state index is 0.0190. The van der Waals surface area contributed by atoms with Crippen LogP contribution in [0.2, 0.25) is 0 Å². The van der Waals surface area contributed by atoms with E-state index >= 15 is 0 Å². The highest BCUT2D eigenvalue weighted by atomic mass is 16.5. The Hall–Kier alpha value is -3.30. The number of aryl methyl sites for hydroxylation is 1. The zero-order chi connectivity index (χ0) is 29.2. The van der Waals surface area contributed by atoms with Crippen LogP contribution >= 0.6 is 0 Å². The maximum Gasteiger partial charge on any atom is 0.223 e. The average molecular weight is 568 g/mol. The number of rotatable bonds is 7. The number of amides is 2. The summed E-state index contributed by atoms with van der Waals surface area (Å²) >= 11 is 0. The molecule has 0 aromatic heterocycles. The number of hydrogen-bond donors (Lipinski definition) is 0. The summed E-state index contributed by atoms with van der Waals surface area (Å²) in [6.07, 6.45) is 4.68. The Bertz CT molecular complexity index is 1170. The Morgan fingerprint density at radius 1 is 0.878 bits per heavy atom. The first-order valence-corrected chi connectivity index (χ1v) is 14.7. The fraction of sp³-hybridized carbons (Fsp3) is 0.562. The van der Waals surface area contributed by atoms with Gasteiger partial charge in [-0.1, -0.05) is 24.3 Å². The summed E-state index contributed by atoms with van der Waals surface area (Å²) < 4.78 is 22.2. The van der Waals surface area contributed by atoms with Gasteiger partial charge < -0.3 is 33.6 Å². The number of para-hydroxylation sites is 1. The lowest BCUT2D eigenvalue weighted by Gasteiger charge is -2.36. The van der Waals surface area contributed by atoms with Crippen LogP contribution in [0.5, 0.6) is 17.2 Å². The van der Waals surface area contributed by atoms with Crippen LogP contribution in [0.4, 0.5) is 5.69 Å². The van der Waals surface area contributed by atoms with Crippen molar-refractivity contribution in [1.82, 2.24) is 9.80 Å². The smallest absolute Gasteiger partial charge is 0.223 e. The number of benzene rings is 2. The van der Waals surface area contributed by atoms with E-state index in [-0.39, 0.29) is 11.8 Å². The summed E-state index contributed by atoms with van der Waals surface area (Å²) in [5, 5.41) is 0. The van der Waals surface area contributed by atoms with Crippen LogP contribution < -0.4 is 19.1 Å². The molecule has 1 saturated heterocycles. The zero-order valence-corrected chi connectivity index (χ0v) is 25.0. The SMILES string of the molecule is COc1ccc(CCC(=O)N2CCCN(C3CCOCC3)CCCN(C(C)=O)c3ccccc3C2)c(OC)c1OC. The average Bonchev–Trinajstić information content (AvgIpc) is 2.99. The fourth-order valence-corrected chi connectivity index (χ4v) is 6.04. The minimum absolute atomic E-state index is 0.0190. The lowest BCUT2D eigenvalue weighted by atomic mass is 10.0. The van der Waals surface area contributed by atoms with E-state index in [2.05, 4.69) is 4.90 Å². The molecule has 0 radical (unpaired) electrons. The van der Waals surface area contributed by atoms with Crippen LogP contribution in [0.1, 0.15) is 50.2 Å². The van der Waals surface area contributed by atoms with Gasteiger partial charge in [0, 0.05) is 71.0 Å². The number of hydrogen-bond acceptors (Lipinski definition) is 7. The molecule has 9 heteroatoms. The molecule has 224 valence electrons. The Kier molecular flexibility index (Phi) is 11.3. The molecule has 2 heterocycles. The molecule has 2 aliphatic heterocycles. The van der Waals surface area contributed by atoms with Gasteiger partial charge in [-0.05, 0) is 55.4 Å². The first-order valence-electron chi connectivity index (χ1n) is 14.7. The topological polar surface area (TPSA) is 80.8 Å². The van der Waals surface area contributed by atoms with Gasteiger partial charge in [0.25, 0.3) is 0 Å². The molecule has 2 aliphatic rings. The second-order valence-corrected chi connectivity index (χ2v) is 10.7. The molecule has 0 spiro atoms. The molecule has 0 bridgehead atoms. The van der Waals surface area contributed by atoms with Gasteiger partial charge in [0.1, 0.15) is 0 Å². The van der Waals surface area contributed by atoms with Crippen LogP contribution in [0.3, 0.4) is 0 Å². The first kappa shape index (κ1) is 30.7. The minimum Gasteiger partial charge on any atom is -0.493 e. The van der Waals surface area contributed by atoms with Gasteiger partial charge in [-0.15, -0.1) is 0 Å². The van der Waals surface area contributed by atoms with Gasteiger partial charge in [0.2, 0.25) is 17.6 Å². The summed E-state index contributed by atoms with van der Waals surface area (Å²) in [6.45, 7) is 6.80. The van der Waals surface area contributed by atoms with Crippen LogP contribution in [0, 0.1) is 0 Å². The molecule has 0 unspecified atom stereocenters. The monoisotopic (exact) mass is 567 g/mol. The molecular weight excluding hydrogens is 522 g/mol. The lowest BCUT2D eigenvalue weighted by Crippen LogP contribution is -2.43. The summed E-state index contributed by atoms with van der Waals surface area (Å²) in [6, 6.07) is 12.2. The van der Waals surface area contributed by atoms with Crippen molar-refractivity contribution in [3.63, 3.8) is 0 Å². The number of nitrogens with zero attached hydrogens (tertiary/aromatic N) is 3. The van der Waals surface area contributed by atoms with Crippen molar-refractivity contribution >= 4 is 17.5 Å². The molecule has 0 saturated carbocycles. The summed E-state index contributed by atoms with van der Waals surface area (Å²) in [5.41, 5.74) is 2.76. The van der Waals surface area contributed by atoms with Gasteiger partial charge in [0.15, 0.2) is 11.5 Å². The van der Waals surface area contributed by atoms with Crippen molar-refractivity contribution in [2.45, 2.75) is 58.0 Å². The molecule has 41 heavy (non-hydrogen) atoms. The number of fused-ring (bicyclic) bond motifs is 1. The summed E-state index contributed by atoms with van der Waals surface area (Å²) in [5.74, 6) is 1.79. The Balaban J connectivity index is 1.57. The van der Waals surface area contributed by atoms with Crippen molar-refractivity contribution < 1.29 is 28.5 Å². The fourth-order valence-electron chi connectivity index (χ4n) is 6.04. The molecule has 9 nitrogen and oxygen atoms in total. The molecule has 1 fully saturated rings. The first-order chi connectivity index (χ1) is 20.0. The van der Waals surface area contributed by atoms with E-state index < -0.39 is 0 Å². The number of carbonyl (C=O) groups is 2. The van der Waals surface area contributed by atoms with E-state index in [0.29, 0.717) is 55.8 Å². The third-order valence-corrected chi connectivity index (χ3v) is 8.18. The van der Waals surface area contributed by atoms with Crippen LogP contribution in [-0.2, 0) is 27.3 Å². The molecule has 0 atom stereocenters. The standard InChI is InChI=1S/C32H45N3O6/c1-24(36)35-20-8-18-33(27-15-21-41-22-16-27)17-7-19-34(23-26-9-5-6-10-28(26)35)30(37)14-12-25-11-13-29(38-2)32(40-4)31(25)39-3/h5-6,9-11,13,27H,7-8,12,14-23H2,1-4H3. The van der Waals surface area contributed by atoms with E-state index in [4.69, 9.17) is 18.9 Å². The van der Waals surface area contributed by atoms with Gasteiger partial charge in [-0.25, -0.2) is 0 Å². The maximum absolute atomic E-state index is 13.8. The highest BCUT2D eigenvalue weighted by molar-refractivity contribution is 5.92. The highest BCUT2D eigenvalue weighted by Gasteiger charge is 2.25. The molecular formula is C32H45N3O6. The van der Waals surface area contributed by atoms with E-state index in [1.165, 1.54) is 0 Å². The van der Waals surface area contributed by atoms with E-state index in [1.807, 2.05) is 46.2 Å². The second-order valence-electron chi connectivity index (χ2n) is 10.7. The van der Waals surface area contributed by atoms with Gasteiger partial charge in [-0.3, -0.25) is 9.59 Å². The molecule has 2 aromatic carbocycles. The molecule has 0 N–H and O–H groups in total. The van der Waals surface area contributed by atoms with Crippen molar-refractivity contribution in [3.8, 4) is 17.2 Å². The maximum atomic E-state index is 13.8. The van der Waals surface area contributed by atoms with Crippen LogP contribution in [-0.4, -0.2) is 88.4 Å². The van der Waals surface area contributed by atoms with E-state index in [1.54, 1.807) is 28.3 Å². The van der Waals surface area contributed by atoms with Gasteiger partial charge in [-0.2, -0.15) is 0 Å². The number of carbonyl (C=O) groups excluding carboxylic acids is 2. The molecule has 2 aromatic rings. The van der Waals surface area contributed by atoms with Crippen LogP contribution in [0.15, 0.2) is 36.4 Å². The third kappa shape index (κ3) is 7.71. The van der Waals surface area contributed by atoms with Crippen molar-refractivity contribution in [2.75, 3.05) is 65.6 Å². The summed E-state index contributed by atoms with van der Waals surface area (Å²) in [7, 11) is 4.77. The predicted molar refractivity (Wildman–Crippen MR) is 159 cm³/mol. The number of ether oxygens (including phenoxy) is 4. The van der Waals surface area contributed by atoms with Gasteiger partial charge >= 0.3 is 0 Å². The second kappa shape index (κ2) is 15.1. The van der Waals surface area contributed by atoms with E-state index in [0.717, 1.165) is 68.8 Å². The molecule has 0 aliphatic carbocycles. The predicted octanol–water partition coefficient (Wildman–Crippen LogP) is 4.30. The zero-order valence-electron chi connectivity index (χ0n) is 25.0. The largest absolute Gasteiger partial charge is 0.493 e. The lowest BCUT2D eigenvalue weighted by molar-refractivity contribution is -0.132. The third-order valence-electron chi connectivity index (χ3n) is 8.18.